The van der Waals surface area contributed by atoms with E-state index in [1.807, 2.05) is 20.8 Å². The molecule has 2 N–H and O–H groups in total. The Balaban J connectivity index is 1.83. The van der Waals surface area contributed by atoms with Crippen molar-refractivity contribution in [1.29, 1.82) is 0 Å². The van der Waals surface area contributed by atoms with Crippen molar-refractivity contribution < 1.29 is 32.2 Å². The summed E-state index contributed by atoms with van der Waals surface area (Å²) < 4.78 is 51.5. The average Bonchev–Trinajstić information content (AvgIpc) is 2.77. The summed E-state index contributed by atoms with van der Waals surface area (Å²) >= 11 is 6.16. The minimum Gasteiger partial charge on any atom is -0.493 e. The third kappa shape index (κ3) is 7.01. The van der Waals surface area contributed by atoms with Crippen molar-refractivity contribution in [3.63, 3.8) is 0 Å². The highest BCUT2D eigenvalue weighted by Gasteiger charge is 2.32. The molecule has 1 atom stereocenters. The van der Waals surface area contributed by atoms with Crippen LogP contribution in [0.25, 0.3) is 22.3 Å². The molecule has 0 spiro atoms. The molecule has 2 aromatic carbocycles. The molecule has 6 nitrogen and oxygen atoms in total. The fraction of sp³-hybridized carbons (Fsp3) is 0.385. The van der Waals surface area contributed by atoms with Crippen molar-refractivity contribution in [2.75, 3.05) is 13.2 Å². The number of aliphatic carboxylic acids is 1. The summed E-state index contributed by atoms with van der Waals surface area (Å²) in [6.07, 6.45) is -3.87. The minimum absolute atomic E-state index is 0.00172. The topological polar surface area (TPSA) is 88.8 Å². The summed E-state index contributed by atoms with van der Waals surface area (Å²) in [6.45, 7) is 6.08. The number of benzene rings is 2. The molecular weight excluding hydrogens is 499 g/mol. The highest BCUT2D eigenvalue weighted by molar-refractivity contribution is 6.34. The van der Waals surface area contributed by atoms with Crippen molar-refractivity contribution in [3.8, 4) is 17.1 Å². The van der Waals surface area contributed by atoms with Crippen LogP contribution in [0.3, 0.4) is 0 Å². The summed E-state index contributed by atoms with van der Waals surface area (Å²) in [7, 11) is 0. The predicted octanol–water partition coefficient (Wildman–Crippen LogP) is 6.38. The highest BCUT2D eigenvalue weighted by atomic mass is 35.5. The average molecular weight is 526 g/mol. The molecule has 3 rings (SSSR count). The number of para-hydroxylation sites is 1. The molecular formula is C26H27ClF3NO5. The standard InChI is InChI=1S/C26H27ClF3NO5/c1-25(2,3)14-19(24(33)34)31-10-5-11-35-21-12-15(26(28,29)30)8-9-17(21)22-13-20(32)16-6-4-7-18(27)23(16)36-22/h4,6-9,12-13,19,31H,5,10-11,14H2,1-3H3,(H,33,34). The number of carboxylic acids is 1. The predicted molar refractivity (Wildman–Crippen MR) is 132 cm³/mol. The Hall–Kier alpha value is -3.04. The number of carboxylic acid groups (broad SMARTS) is 1. The molecule has 194 valence electrons. The zero-order valence-electron chi connectivity index (χ0n) is 20.0. The van der Waals surface area contributed by atoms with E-state index in [4.69, 9.17) is 20.8 Å². The molecule has 0 aliphatic rings. The number of hydrogen-bond acceptors (Lipinski definition) is 5. The number of rotatable bonds is 9. The van der Waals surface area contributed by atoms with Crippen LogP contribution in [0.1, 0.15) is 39.2 Å². The molecule has 1 heterocycles. The molecule has 36 heavy (non-hydrogen) atoms. The first-order valence-electron chi connectivity index (χ1n) is 11.3. The Labute approximate surface area is 211 Å². The Morgan fingerprint density at radius 1 is 1.17 bits per heavy atom. The summed E-state index contributed by atoms with van der Waals surface area (Å²) in [5.41, 5.74) is -1.24. The van der Waals surface area contributed by atoms with Crippen molar-refractivity contribution in [2.45, 2.75) is 45.8 Å². The van der Waals surface area contributed by atoms with Gasteiger partial charge in [0.1, 0.15) is 17.6 Å². The van der Waals surface area contributed by atoms with Crippen LogP contribution in [0.4, 0.5) is 13.2 Å². The Bertz CT molecular complexity index is 1300. The van der Waals surface area contributed by atoms with Gasteiger partial charge in [-0.1, -0.05) is 38.4 Å². The van der Waals surface area contributed by atoms with Gasteiger partial charge in [0.15, 0.2) is 11.0 Å². The first kappa shape index (κ1) is 27.5. The zero-order chi connectivity index (χ0) is 26.7. The van der Waals surface area contributed by atoms with E-state index in [1.54, 1.807) is 6.07 Å². The lowest BCUT2D eigenvalue weighted by Crippen LogP contribution is -2.40. The summed E-state index contributed by atoms with van der Waals surface area (Å²) in [6, 6.07) is 8.00. The van der Waals surface area contributed by atoms with Crippen molar-refractivity contribution in [2.24, 2.45) is 5.41 Å². The fourth-order valence-electron chi connectivity index (χ4n) is 3.69. The molecule has 0 amide bonds. The molecule has 0 aliphatic carbocycles. The molecule has 0 bridgehead atoms. The van der Waals surface area contributed by atoms with Crippen molar-refractivity contribution in [3.05, 3.63) is 63.3 Å². The van der Waals surface area contributed by atoms with Gasteiger partial charge in [-0.3, -0.25) is 9.59 Å². The van der Waals surface area contributed by atoms with E-state index >= 15 is 0 Å². The number of nitrogens with one attached hydrogen (secondary N) is 1. The van der Waals surface area contributed by atoms with Crippen LogP contribution in [0.15, 0.2) is 51.7 Å². The van der Waals surface area contributed by atoms with Crippen molar-refractivity contribution in [1.82, 2.24) is 5.32 Å². The largest absolute Gasteiger partial charge is 0.493 e. The molecule has 10 heteroatoms. The summed E-state index contributed by atoms with van der Waals surface area (Å²) in [4.78, 5) is 24.1. The van der Waals surface area contributed by atoms with E-state index in [9.17, 15) is 27.9 Å². The lowest BCUT2D eigenvalue weighted by Gasteiger charge is -2.24. The molecule has 0 aliphatic heterocycles. The molecule has 0 saturated heterocycles. The number of alkyl halides is 3. The van der Waals surface area contributed by atoms with Gasteiger partial charge >= 0.3 is 12.1 Å². The van der Waals surface area contributed by atoms with E-state index in [0.717, 1.165) is 12.1 Å². The zero-order valence-corrected chi connectivity index (χ0v) is 20.8. The van der Waals surface area contributed by atoms with Gasteiger partial charge in [-0.15, -0.1) is 0 Å². The first-order chi connectivity index (χ1) is 16.8. The smallest absolute Gasteiger partial charge is 0.416 e. The number of halogens is 4. The third-order valence-corrected chi connectivity index (χ3v) is 5.66. The maximum absolute atomic E-state index is 13.4. The fourth-order valence-corrected chi connectivity index (χ4v) is 3.90. The van der Waals surface area contributed by atoms with Gasteiger partial charge in [0.25, 0.3) is 0 Å². The van der Waals surface area contributed by atoms with Gasteiger partial charge in [0.2, 0.25) is 0 Å². The quantitative estimate of drug-likeness (QED) is 0.315. The van der Waals surface area contributed by atoms with E-state index in [1.165, 1.54) is 24.3 Å². The highest BCUT2D eigenvalue weighted by Crippen LogP contribution is 2.38. The Morgan fingerprint density at radius 2 is 1.89 bits per heavy atom. The normalized spacial score (nSPS) is 13.1. The SMILES string of the molecule is CC(C)(C)CC(NCCCOc1cc(C(F)(F)F)ccc1-c1cc(=O)c2cccc(Cl)c2o1)C(=O)O. The third-order valence-electron chi connectivity index (χ3n) is 5.37. The van der Waals surface area contributed by atoms with Crippen LogP contribution in [0.5, 0.6) is 5.75 Å². The minimum atomic E-state index is -4.60. The molecule has 0 fully saturated rings. The van der Waals surface area contributed by atoms with Gasteiger partial charge in [-0.05, 0) is 55.1 Å². The molecule has 0 saturated carbocycles. The van der Waals surface area contributed by atoms with Gasteiger partial charge < -0.3 is 19.6 Å². The Morgan fingerprint density at radius 3 is 2.53 bits per heavy atom. The summed E-state index contributed by atoms with van der Waals surface area (Å²) in [5, 5.41) is 12.8. The van der Waals surface area contributed by atoms with Crippen LogP contribution in [0, 0.1) is 5.41 Å². The van der Waals surface area contributed by atoms with Gasteiger partial charge in [-0.2, -0.15) is 13.2 Å². The number of fused-ring (bicyclic) bond motifs is 1. The van der Waals surface area contributed by atoms with Crippen LogP contribution in [-0.2, 0) is 11.0 Å². The maximum atomic E-state index is 13.4. The maximum Gasteiger partial charge on any atom is 0.416 e. The van der Waals surface area contributed by atoms with Crippen LogP contribution < -0.4 is 15.5 Å². The van der Waals surface area contributed by atoms with Gasteiger partial charge in [-0.25, -0.2) is 0 Å². The number of ether oxygens (including phenoxy) is 1. The molecule has 3 aromatic rings. The second-order valence-electron chi connectivity index (χ2n) is 9.61. The van der Waals surface area contributed by atoms with Crippen LogP contribution in [0.2, 0.25) is 5.02 Å². The Kier molecular flexibility index (Phi) is 8.36. The first-order valence-corrected chi connectivity index (χ1v) is 11.7. The molecule has 0 radical (unpaired) electrons. The van der Waals surface area contributed by atoms with Crippen LogP contribution >= 0.6 is 11.6 Å². The summed E-state index contributed by atoms with van der Waals surface area (Å²) in [5.74, 6) is -1.08. The second kappa shape index (κ2) is 10.9. The lowest BCUT2D eigenvalue weighted by molar-refractivity contribution is -0.140. The number of carbonyl (C=O) groups is 1. The molecule has 1 unspecified atom stereocenters. The molecule has 1 aromatic heterocycles. The van der Waals surface area contributed by atoms with E-state index in [0.29, 0.717) is 12.8 Å². The number of hydrogen-bond donors (Lipinski definition) is 2. The second-order valence-corrected chi connectivity index (χ2v) is 10.0. The van der Waals surface area contributed by atoms with Crippen molar-refractivity contribution >= 4 is 28.5 Å². The van der Waals surface area contributed by atoms with Crippen LogP contribution in [-0.4, -0.2) is 30.3 Å². The monoisotopic (exact) mass is 525 g/mol. The van der Waals surface area contributed by atoms with E-state index < -0.39 is 29.2 Å². The van der Waals surface area contributed by atoms with E-state index in [-0.39, 0.29) is 51.6 Å². The van der Waals surface area contributed by atoms with Gasteiger partial charge in [0, 0.05) is 6.07 Å². The van der Waals surface area contributed by atoms with E-state index in [2.05, 4.69) is 5.32 Å². The lowest BCUT2D eigenvalue weighted by atomic mass is 9.88. The van der Waals surface area contributed by atoms with Gasteiger partial charge in [0.05, 0.1) is 28.1 Å².